The lowest BCUT2D eigenvalue weighted by atomic mass is 10.4. The SMILES string of the molecule is CCCNc1nccn1CC(C)OCC. The van der Waals surface area contributed by atoms with Gasteiger partial charge in [-0.1, -0.05) is 6.92 Å². The Hall–Kier alpha value is -1.03. The van der Waals surface area contributed by atoms with E-state index in [9.17, 15) is 0 Å². The first-order chi connectivity index (χ1) is 7.27. The van der Waals surface area contributed by atoms with Gasteiger partial charge in [0.25, 0.3) is 0 Å². The molecular formula is C11H21N3O. The van der Waals surface area contributed by atoms with E-state index >= 15 is 0 Å². The Morgan fingerprint density at radius 2 is 2.33 bits per heavy atom. The van der Waals surface area contributed by atoms with Crippen LogP contribution in [0, 0.1) is 0 Å². The smallest absolute Gasteiger partial charge is 0.202 e. The fourth-order valence-electron chi connectivity index (χ4n) is 1.47. The van der Waals surface area contributed by atoms with Crippen LogP contribution in [0.15, 0.2) is 12.4 Å². The van der Waals surface area contributed by atoms with Gasteiger partial charge in [0.15, 0.2) is 0 Å². The normalized spacial score (nSPS) is 12.7. The number of anilines is 1. The third-order valence-corrected chi connectivity index (χ3v) is 2.15. The van der Waals surface area contributed by atoms with Gasteiger partial charge in [-0.15, -0.1) is 0 Å². The van der Waals surface area contributed by atoms with Crippen LogP contribution in [0.25, 0.3) is 0 Å². The number of hydrogen-bond donors (Lipinski definition) is 1. The Kier molecular flexibility index (Phi) is 5.18. The first kappa shape index (κ1) is 12.0. The molecule has 1 aromatic rings. The van der Waals surface area contributed by atoms with Crippen LogP contribution in [-0.2, 0) is 11.3 Å². The lowest BCUT2D eigenvalue weighted by Gasteiger charge is -2.14. The summed E-state index contributed by atoms with van der Waals surface area (Å²) in [7, 11) is 0. The molecule has 4 heteroatoms. The van der Waals surface area contributed by atoms with E-state index in [1.807, 2.05) is 19.3 Å². The van der Waals surface area contributed by atoms with Crippen molar-refractivity contribution < 1.29 is 4.74 Å². The van der Waals surface area contributed by atoms with Gasteiger partial charge in [-0.2, -0.15) is 0 Å². The molecule has 0 bridgehead atoms. The Labute approximate surface area is 91.7 Å². The van der Waals surface area contributed by atoms with Crippen LogP contribution in [0.4, 0.5) is 5.95 Å². The molecule has 1 unspecified atom stereocenters. The molecule has 0 fully saturated rings. The predicted octanol–water partition coefficient (Wildman–Crippen LogP) is 2.13. The molecule has 0 aromatic carbocycles. The van der Waals surface area contributed by atoms with Crippen molar-refractivity contribution in [3.63, 3.8) is 0 Å². The number of rotatable bonds is 7. The number of ether oxygens (including phenoxy) is 1. The second-order valence-electron chi connectivity index (χ2n) is 3.60. The molecule has 86 valence electrons. The first-order valence-corrected chi connectivity index (χ1v) is 5.64. The molecule has 0 saturated heterocycles. The highest BCUT2D eigenvalue weighted by molar-refractivity contribution is 5.25. The van der Waals surface area contributed by atoms with Gasteiger partial charge in [-0.05, 0) is 20.3 Å². The van der Waals surface area contributed by atoms with Crippen LogP contribution in [0.1, 0.15) is 27.2 Å². The van der Waals surface area contributed by atoms with Gasteiger partial charge in [0.2, 0.25) is 5.95 Å². The Bertz CT molecular complexity index is 273. The third kappa shape index (κ3) is 3.91. The lowest BCUT2D eigenvalue weighted by molar-refractivity contribution is 0.0644. The van der Waals surface area contributed by atoms with E-state index in [1.54, 1.807) is 0 Å². The standard InChI is InChI=1S/C11H21N3O/c1-4-6-12-11-13-7-8-14(11)9-10(3)15-5-2/h7-8,10H,4-6,9H2,1-3H3,(H,12,13). The quantitative estimate of drug-likeness (QED) is 0.751. The highest BCUT2D eigenvalue weighted by atomic mass is 16.5. The van der Waals surface area contributed by atoms with E-state index in [0.717, 1.165) is 32.1 Å². The number of imidazole rings is 1. The second kappa shape index (κ2) is 6.45. The average Bonchev–Trinajstić information content (AvgIpc) is 2.63. The highest BCUT2D eigenvalue weighted by Gasteiger charge is 2.06. The van der Waals surface area contributed by atoms with Gasteiger partial charge < -0.3 is 14.6 Å². The summed E-state index contributed by atoms with van der Waals surface area (Å²) in [5, 5.41) is 3.29. The molecule has 0 aliphatic heterocycles. The summed E-state index contributed by atoms with van der Waals surface area (Å²) < 4.78 is 7.59. The molecule has 0 saturated carbocycles. The predicted molar refractivity (Wildman–Crippen MR) is 62.1 cm³/mol. The van der Waals surface area contributed by atoms with Gasteiger partial charge in [0.05, 0.1) is 12.6 Å². The van der Waals surface area contributed by atoms with Crippen molar-refractivity contribution in [1.29, 1.82) is 0 Å². The zero-order valence-corrected chi connectivity index (χ0v) is 9.86. The minimum Gasteiger partial charge on any atom is -0.377 e. The topological polar surface area (TPSA) is 39.1 Å². The molecule has 1 N–H and O–H groups in total. The zero-order chi connectivity index (χ0) is 11.1. The summed E-state index contributed by atoms with van der Waals surface area (Å²) >= 11 is 0. The van der Waals surface area contributed by atoms with Gasteiger partial charge in [0, 0.05) is 25.5 Å². The van der Waals surface area contributed by atoms with Crippen LogP contribution in [0.5, 0.6) is 0 Å². The Balaban J connectivity index is 2.48. The molecule has 0 amide bonds. The highest BCUT2D eigenvalue weighted by Crippen LogP contribution is 2.06. The molecule has 0 aliphatic carbocycles. The molecule has 0 aliphatic rings. The van der Waals surface area contributed by atoms with Crippen molar-refractivity contribution in [2.75, 3.05) is 18.5 Å². The van der Waals surface area contributed by atoms with Crippen LogP contribution >= 0.6 is 0 Å². The van der Waals surface area contributed by atoms with E-state index in [1.165, 1.54) is 0 Å². The molecule has 0 spiro atoms. The average molecular weight is 211 g/mol. The second-order valence-corrected chi connectivity index (χ2v) is 3.60. The molecule has 1 rings (SSSR count). The van der Waals surface area contributed by atoms with Gasteiger partial charge in [-0.25, -0.2) is 4.98 Å². The fourth-order valence-corrected chi connectivity index (χ4v) is 1.47. The van der Waals surface area contributed by atoms with E-state index < -0.39 is 0 Å². The fraction of sp³-hybridized carbons (Fsp3) is 0.727. The number of aromatic nitrogens is 2. The Morgan fingerprint density at radius 3 is 3.00 bits per heavy atom. The van der Waals surface area contributed by atoms with Gasteiger partial charge in [-0.3, -0.25) is 0 Å². The monoisotopic (exact) mass is 211 g/mol. The molecular weight excluding hydrogens is 190 g/mol. The Morgan fingerprint density at radius 1 is 1.53 bits per heavy atom. The third-order valence-electron chi connectivity index (χ3n) is 2.15. The van der Waals surface area contributed by atoms with Crippen molar-refractivity contribution in [2.24, 2.45) is 0 Å². The van der Waals surface area contributed by atoms with E-state index in [0.29, 0.717) is 0 Å². The van der Waals surface area contributed by atoms with Gasteiger partial charge >= 0.3 is 0 Å². The van der Waals surface area contributed by atoms with Crippen molar-refractivity contribution in [2.45, 2.75) is 39.8 Å². The van der Waals surface area contributed by atoms with E-state index in [-0.39, 0.29) is 6.10 Å². The molecule has 4 nitrogen and oxygen atoms in total. The van der Waals surface area contributed by atoms with Gasteiger partial charge in [0.1, 0.15) is 0 Å². The maximum absolute atomic E-state index is 5.50. The summed E-state index contributed by atoms with van der Waals surface area (Å²) in [6.45, 7) is 8.80. The lowest BCUT2D eigenvalue weighted by Crippen LogP contribution is -2.18. The largest absolute Gasteiger partial charge is 0.377 e. The summed E-state index contributed by atoms with van der Waals surface area (Å²) in [6.07, 6.45) is 5.13. The van der Waals surface area contributed by atoms with Crippen LogP contribution in [0.3, 0.4) is 0 Å². The van der Waals surface area contributed by atoms with Crippen molar-refractivity contribution in [1.82, 2.24) is 9.55 Å². The van der Waals surface area contributed by atoms with Crippen molar-refractivity contribution in [3.05, 3.63) is 12.4 Å². The molecule has 0 radical (unpaired) electrons. The molecule has 1 heterocycles. The summed E-state index contributed by atoms with van der Waals surface area (Å²) in [5.74, 6) is 0.934. The van der Waals surface area contributed by atoms with Crippen LogP contribution < -0.4 is 5.32 Å². The summed E-state index contributed by atoms with van der Waals surface area (Å²) in [6, 6.07) is 0. The van der Waals surface area contributed by atoms with Crippen molar-refractivity contribution >= 4 is 5.95 Å². The molecule has 15 heavy (non-hydrogen) atoms. The number of nitrogens with one attached hydrogen (secondary N) is 1. The van der Waals surface area contributed by atoms with E-state index in [4.69, 9.17) is 4.74 Å². The first-order valence-electron chi connectivity index (χ1n) is 5.64. The number of hydrogen-bond acceptors (Lipinski definition) is 3. The van der Waals surface area contributed by atoms with Crippen molar-refractivity contribution in [3.8, 4) is 0 Å². The van der Waals surface area contributed by atoms with Crippen LogP contribution in [-0.4, -0.2) is 28.8 Å². The minimum absolute atomic E-state index is 0.228. The van der Waals surface area contributed by atoms with Crippen LogP contribution in [0.2, 0.25) is 0 Å². The van der Waals surface area contributed by atoms with E-state index in [2.05, 4.69) is 28.7 Å². The maximum Gasteiger partial charge on any atom is 0.202 e. The minimum atomic E-state index is 0.228. The summed E-state index contributed by atoms with van der Waals surface area (Å²) in [4.78, 5) is 4.26. The molecule has 1 atom stereocenters. The number of nitrogens with zero attached hydrogens (tertiary/aromatic N) is 2. The maximum atomic E-state index is 5.50. The molecule has 1 aromatic heterocycles. The zero-order valence-electron chi connectivity index (χ0n) is 9.86. The summed E-state index contributed by atoms with van der Waals surface area (Å²) in [5.41, 5.74) is 0.